The SMILES string of the molecule is CC(=O)c1c(SCc2c(F)c(F)c(F)c(F)c2F)[nH]c2c(c1=O)=C(C)CCC=2Br. The van der Waals surface area contributed by atoms with Crippen molar-refractivity contribution in [3.05, 3.63) is 61.0 Å². The third-order valence-corrected chi connectivity index (χ3v) is 6.42. The van der Waals surface area contributed by atoms with Crippen LogP contribution in [0.25, 0.3) is 10.1 Å². The van der Waals surface area contributed by atoms with E-state index in [0.29, 0.717) is 39.7 Å². The number of aromatic nitrogens is 1. The zero-order valence-electron chi connectivity index (χ0n) is 15.1. The number of H-pyrrole nitrogens is 1. The Morgan fingerprint density at radius 3 is 2.14 bits per heavy atom. The number of pyridine rings is 1. The molecule has 1 aliphatic carbocycles. The number of Topliss-reactive ketones (excluding diaryl/α,β-unsaturated/α-hetero) is 1. The first-order valence-corrected chi connectivity index (χ1v) is 10.1. The second kappa shape index (κ2) is 8.06. The van der Waals surface area contributed by atoms with E-state index in [0.717, 1.165) is 12.5 Å². The highest BCUT2D eigenvalue weighted by atomic mass is 79.9. The van der Waals surface area contributed by atoms with Gasteiger partial charge in [-0.25, -0.2) is 22.0 Å². The molecule has 0 atom stereocenters. The second-order valence-corrected chi connectivity index (χ2v) is 8.43. The molecule has 29 heavy (non-hydrogen) atoms. The van der Waals surface area contributed by atoms with Crippen molar-refractivity contribution in [3.8, 4) is 0 Å². The van der Waals surface area contributed by atoms with Crippen LogP contribution >= 0.6 is 27.7 Å². The topological polar surface area (TPSA) is 49.9 Å². The first-order valence-electron chi connectivity index (χ1n) is 8.35. The van der Waals surface area contributed by atoms with Gasteiger partial charge in [-0.1, -0.05) is 21.5 Å². The van der Waals surface area contributed by atoms with E-state index in [4.69, 9.17) is 0 Å². The number of nitrogens with one attached hydrogen (secondary N) is 1. The van der Waals surface area contributed by atoms with Crippen molar-refractivity contribution in [2.45, 2.75) is 37.5 Å². The van der Waals surface area contributed by atoms with Crippen LogP contribution in [0.15, 0.2) is 9.82 Å². The summed E-state index contributed by atoms with van der Waals surface area (Å²) >= 11 is 3.98. The van der Waals surface area contributed by atoms with Crippen LogP contribution in [0.4, 0.5) is 22.0 Å². The number of fused-ring (bicyclic) bond motifs is 1. The van der Waals surface area contributed by atoms with Gasteiger partial charge in [0.2, 0.25) is 11.2 Å². The van der Waals surface area contributed by atoms with Crippen LogP contribution in [0.1, 0.15) is 42.6 Å². The van der Waals surface area contributed by atoms with Gasteiger partial charge in [0.15, 0.2) is 29.1 Å². The van der Waals surface area contributed by atoms with E-state index in [1.807, 2.05) is 0 Å². The van der Waals surface area contributed by atoms with E-state index in [1.54, 1.807) is 6.92 Å². The van der Waals surface area contributed by atoms with Gasteiger partial charge in [-0.05, 0) is 26.7 Å². The van der Waals surface area contributed by atoms with Gasteiger partial charge < -0.3 is 4.98 Å². The summed E-state index contributed by atoms with van der Waals surface area (Å²) in [7, 11) is 0. The van der Waals surface area contributed by atoms with Crippen molar-refractivity contribution < 1.29 is 26.7 Å². The molecule has 2 aromatic rings. The van der Waals surface area contributed by atoms with Crippen molar-refractivity contribution in [1.29, 1.82) is 0 Å². The Balaban J connectivity index is 2.18. The minimum atomic E-state index is -2.25. The molecule has 10 heteroatoms. The minimum absolute atomic E-state index is 0.00292. The Morgan fingerprint density at radius 1 is 1.03 bits per heavy atom. The molecule has 1 heterocycles. The third-order valence-electron chi connectivity index (χ3n) is 4.60. The number of carbonyl (C=O) groups excluding carboxylic acids is 1. The second-order valence-electron chi connectivity index (χ2n) is 6.49. The molecule has 1 aromatic carbocycles. The lowest BCUT2D eigenvalue weighted by Gasteiger charge is -2.14. The maximum Gasteiger partial charge on any atom is 0.201 e. The van der Waals surface area contributed by atoms with Gasteiger partial charge in [0.25, 0.3) is 0 Å². The van der Waals surface area contributed by atoms with Gasteiger partial charge in [-0.2, -0.15) is 0 Å². The first-order chi connectivity index (χ1) is 13.6. The molecule has 0 radical (unpaired) electrons. The molecule has 0 amide bonds. The van der Waals surface area contributed by atoms with Crippen LogP contribution in [0.2, 0.25) is 0 Å². The molecule has 0 spiro atoms. The molecule has 0 bridgehead atoms. The Bertz CT molecular complexity index is 1210. The molecular weight excluding hydrogens is 481 g/mol. The fourth-order valence-corrected chi connectivity index (χ4v) is 4.68. The summed E-state index contributed by atoms with van der Waals surface area (Å²) < 4.78 is 68.6. The molecule has 1 aromatic heterocycles. The maximum absolute atomic E-state index is 13.9. The molecule has 0 saturated carbocycles. The summed E-state index contributed by atoms with van der Waals surface area (Å²) in [5, 5.41) is 0.773. The summed E-state index contributed by atoms with van der Waals surface area (Å²) in [5.74, 6) is -11.5. The molecule has 3 rings (SSSR count). The highest BCUT2D eigenvalue weighted by molar-refractivity contribution is 9.14. The van der Waals surface area contributed by atoms with Crippen molar-refractivity contribution in [1.82, 2.24) is 4.98 Å². The quantitative estimate of drug-likeness (QED) is 0.230. The average molecular weight is 494 g/mol. The Kier molecular flexibility index (Phi) is 6.05. The number of hydrogen-bond acceptors (Lipinski definition) is 3. The fraction of sp³-hybridized carbons (Fsp3) is 0.263. The summed E-state index contributed by atoms with van der Waals surface area (Å²) in [6.07, 6.45) is 1.22. The number of benzene rings is 1. The number of thioether (sulfide) groups is 1. The molecule has 0 unspecified atom stereocenters. The van der Waals surface area contributed by atoms with Crippen molar-refractivity contribution in [3.63, 3.8) is 0 Å². The van der Waals surface area contributed by atoms with E-state index in [1.165, 1.54) is 0 Å². The number of hydrogen-bond donors (Lipinski definition) is 1. The van der Waals surface area contributed by atoms with Crippen LogP contribution < -0.4 is 16.0 Å². The van der Waals surface area contributed by atoms with Gasteiger partial charge in [0.05, 0.1) is 15.9 Å². The van der Waals surface area contributed by atoms with Gasteiger partial charge >= 0.3 is 0 Å². The van der Waals surface area contributed by atoms with Gasteiger partial charge in [-0.3, -0.25) is 9.59 Å². The van der Waals surface area contributed by atoms with Gasteiger partial charge in [0, 0.05) is 21.0 Å². The van der Waals surface area contributed by atoms with E-state index in [9.17, 15) is 31.5 Å². The van der Waals surface area contributed by atoms with E-state index >= 15 is 0 Å². The number of carbonyl (C=O) groups is 1. The standard InChI is InChI=1S/C19H13BrF5NO2S/c1-6-3-4-9(20)17-10(6)18(28)11(7(2)27)19(26-17)29-5-8-12(21)14(23)16(25)15(24)13(8)22/h26H,3-5H2,1-2H3. The third kappa shape index (κ3) is 3.68. The monoisotopic (exact) mass is 493 g/mol. The summed E-state index contributed by atoms with van der Waals surface area (Å²) in [6.45, 7) is 2.93. The molecule has 0 fully saturated rings. The minimum Gasteiger partial charge on any atom is -0.348 e. The highest BCUT2D eigenvalue weighted by Crippen LogP contribution is 2.29. The average Bonchev–Trinajstić information content (AvgIpc) is 2.67. The van der Waals surface area contributed by atoms with Crippen LogP contribution in [-0.4, -0.2) is 10.8 Å². The largest absolute Gasteiger partial charge is 0.348 e. The van der Waals surface area contributed by atoms with E-state index in [2.05, 4.69) is 20.9 Å². The zero-order valence-corrected chi connectivity index (χ0v) is 17.5. The Labute approximate surface area is 173 Å². The lowest BCUT2D eigenvalue weighted by atomic mass is 10.0. The number of aromatic amines is 1. The van der Waals surface area contributed by atoms with Gasteiger partial charge in [-0.15, -0.1) is 11.8 Å². The van der Waals surface area contributed by atoms with Crippen LogP contribution in [0, 0.1) is 29.1 Å². The number of ketones is 1. The summed E-state index contributed by atoms with van der Waals surface area (Å²) in [6, 6.07) is 0. The zero-order chi connectivity index (χ0) is 21.6. The predicted octanol–water partition coefficient (Wildman–Crippen LogP) is 4.03. The number of halogens is 6. The van der Waals surface area contributed by atoms with Crippen molar-refractivity contribution in [2.24, 2.45) is 0 Å². The van der Waals surface area contributed by atoms with Crippen molar-refractivity contribution in [2.75, 3.05) is 0 Å². The normalized spacial score (nSPS) is 13.7. The molecule has 154 valence electrons. The van der Waals surface area contributed by atoms with Crippen LogP contribution in [0.3, 0.4) is 0 Å². The molecule has 0 aliphatic heterocycles. The maximum atomic E-state index is 13.9. The fourth-order valence-electron chi connectivity index (χ4n) is 3.09. The van der Waals surface area contributed by atoms with Crippen LogP contribution in [0.5, 0.6) is 0 Å². The van der Waals surface area contributed by atoms with E-state index < -0.39 is 51.6 Å². The molecule has 1 N–H and O–H groups in total. The molecule has 3 nitrogen and oxygen atoms in total. The lowest BCUT2D eigenvalue weighted by molar-refractivity contribution is 0.101. The molecule has 1 aliphatic rings. The summed E-state index contributed by atoms with van der Waals surface area (Å²) in [5.41, 5.74) is -1.02. The smallest absolute Gasteiger partial charge is 0.201 e. The molecule has 0 saturated heterocycles. The summed E-state index contributed by atoms with van der Waals surface area (Å²) in [4.78, 5) is 27.9. The molecular formula is C19H13BrF5NO2S. The Hall–Kier alpha value is -1.94. The number of rotatable bonds is 4. The predicted molar refractivity (Wildman–Crippen MR) is 103 cm³/mol. The van der Waals surface area contributed by atoms with Crippen LogP contribution in [-0.2, 0) is 5.75 Å². The Morgan fingerprint density at radius 2 is 1.59 bits per heavy atom. The van der Waals surface area contributed by atoms with E-state index in [-0.39, 0.29) is 10.6 Å². The highest BCUT2D eigenvalue weighted by Gasteiger charge is 2.26. The van der Waals surface area contributed by atoms with Crippen molar-refractivity contribution >= 4 is 43.5 Å². The van der Waals surface area contributed by atoms with Gasteiger partial charge in [0.1, 0.15) is 0 Å². The first kappa shape index (κ1) is 21.8. The lowest BCUT2D eigenvalue weighted by Crippen LogP contribution is -2.47.